The van der Waals surface area contributed by atoms with Gasteiger partial charge < -0.3 is 20.6 Å². The third-order valence-electron chi connectivity index (χ3n) is 7.77. The van der Waals surface area contributed by atoms with E-state index in [1.54, 1.807) is 0 Å². The van der Waals surface area contributed by atoms with Gasteiger partial charge in [0.2, 0.25) is 0 Å². The number of aromatic nitrogens is 2. The number of H-pyrrole nitrogens is 2. The van der Waals surface area contributed by atoms with Crippen LogP contribution in [0.2, 0.25) is 0 Å². The summed E-state index contributed by atoms with van der Waals surface area (Å²) in [6.45, 7) is 16.4. The number of allylic oxidation sites excluding steroid dienone is 6. The molecule has 0 saturated heterocycles. The van der Waals surface area contributed by atoms with E-state index in [0.29, 0.717) is 0 Å². The Balaban J connectivity index is 1.82. The highest BCUT2D eigenvalue weighted by atomic mass is 32.1. The average molecular weight is 539 g/mol. The molecular formula is C32H34N4S2. The highest BCUT2D eigenvalue weighted by Gasteiger charge is 2.25. The first-order chi connectivity index (χ1) is 18.2. The molecule has 0 amide bonds. The molecule has 194 valence electrons. The smallest absolute Gasteiger partial charge is 0.0662 e. The van der Waals surface area contributed by atoms with Crippen molar-refractivity contribution in [2.45, 2.75) is 53.4 Å². The first kappa shape index (κ1) is 26.1. The molecule has 0 fully saturated rings. The van der Waals surface area contributed by atoms with Crippen LogP contribution in [0.15, 0.2) is 65.3 Å². The SMILES string of the molecule is C=CCCc1c2[nH]c(c1C)C=C1NC(=C(C)C1=S)C=C1NC(=C(C)C1=S)C=c1[nH]c(c(CCC=C)c1C)=C2. The summed E-state index contributed by atoms with van der Waals surface area (Å²) < 4.78 is 0. The predicted molar refractivity (Wildman–Crippen MR) is 168 cm³/mol. The number of thiocarbonyl (C=S) groups is 2. The van der Waals surface area contributed by atoms with Crippen molar-refractivity contribution in [3.05, 3.63) is 110 Å². The summed E-state index contributed by atoms with van der Waals surface area (Å²) in [5.41, 5.74) is 13.2. The van der Waals surface area contributed by atoms with Gasteiger partial charge in [-0.2, -0.15) is 0 Å². The molecule has 4 nitrogen and oxygen atoms in total. The van der Waals surface area contributed by atoms with Gasteiger partial charge in [-0.3, -0.25) is 0 Å². The molecule has 5 heterocycles. The highest BCUT2D eigenvalue weighted by molar-refractivity contribution is 7.81. The zero-order chi connectivity index (χ0) is 27.1. The fraction of sp³-hybridized carbons (Fsp3) is 0.250. The lowest BCUT2D eigenvalue weighted by Crippen LogP contribution is -2.16. The van der Waals surface area contributed by atoms with E-state index in [9.17, 15) is 0 Å². The van der Waals surface area contributed by atoms with Crippen molar-refractivity contribution in [1.82, 2.24) is 20.6 Å². The van der Waals surface area contributed by atoms with Crippen LogP contribution in [0.5, 0.6) is 0 Å². The molecule has 4 N–H and O–H groups in total. The van der Waals surface area contributed by atoms with Crippen LogP contribution in [0.1, 0.15) is 60.3 Å². The third kappa shape index (κ3) is 4.52. The number of nitrogens with one attached hydrogen (secondary N) is 4. The Morgan fingerprint density at radius 2 is 1.24 bits per heavy atom. The average Bonchev–Trinajstić information content (AvgIpc) is 3.53. The van der Waals surface area contributed by atoms with Gasteiger partial charge in [-0.15, -0.1) is 13.2 Å². The zero-order valence-electron chi connectivity index (χ0n) is 22.5. The first-order valence-corrected chi connectivity index (χ1v) is 13.9. The molecule has 3 aliphatic rings. The number of fused-ring (bicyclic) bond motifs is 8. The van der Waals surface area contributed by atoms with Gasteiger partial charge in [0.15, 0.2) is 0 Å². The van der Waals surface area contributed by atoms with Gasteiger partial charge in [0.25, 0.3) is 0 Å². The minimum Gasteiger partial charge on any atom is -0.355 e. The van der Waals surface area contributed by atoms with E-state index >= 15 is 0 Å². The molecule has 0 aliphatic carbocycles. The second-order valence-corrected chi connectivity index (χ2v) is 11.0. The summed E-state index contributed by atoms with van der Waals surface area (Å²) in [4.78, 5) is 9.08. The molecule has 3 aliphatic heterocycles. The Kier molecular flexibility index (Phi) is 7.12. The molecule has 2 aromatic heterocycles. The lowest BCUT2D eigenvalue weighted by Gasteiger charge is -2.05. The van der Waals surface area contributed by atoms with Crippen molar-refractivity contribution in [2.75, 3.05) is 0 Å². The molecular weight excluding hydrogens is 505 g/mol. The molecule has 38 heavy (non-hydrogen) atoms. The van der Waals surface area contributed by atoms with Crippen molar-refractivity contribution < 1.29 is 0 Å². The van der Waals surface area contributed by atoms with E-state index in [-0.39, 0.29) is 0 Å². The lowest BCUT2D eigenvalue weighted by molar-refractivity contribution is 0.979. The summed E-state index contributed by atoms with van der Waals surface area (Å²) in [6.07, 6.45) is 16.3. The van der Waals surface area contributed by atoms with Gasteiger partial charge in [-0.05, 0) is 111 Å². The van der Waals surface area contributed by atoms with Crippen LogP contribution in [-0.2, 0) is 12.8 Å². The van der Waals surface area contributed by atoms with Gasteiger partial charge in [-0.1, -0.05) is 36.6 Å². The minimum atomic E-state index is 0.824. The van der Waals surface area contributed by atoms with Gasteiger partial charge in [0, 0.05) is 33.5 Å². The normalized spacial score (nSPS) is 16.5. The Morgan fingerprint density at radius 3 is 1.87 bits per heavy atom. The number of hydrogen-bond donors (Lipinski definition) is 4. The molecule has 0 unspecified atom stereocenters. The maximum absolute atomic E-state index is 5.85. The molecule has 0 saturated carbocycles. The Labute approximate surface area is 235 Å². The topological polar surface area (TPSA) is 55.6 Å². The summed E-state index contributed by atoms with van der Waals surface area (Å²) >= 11 is 11.7. The fourth-order valence-corrected chi connectivity index (χ4v) is 5.78. The predicted octanol–water partition coefficient (Wildman–Crippen LogP) is 5.54. The van der Waals surface area contributed by atoms with Crippen LogP contribution in [0.25, 0.3) is 18.2 Å². The maximum Gasteiger partial charge on any atom is 0.0662 e. The largest absolute Gasteiger partial charge is 0.355 e. The van der Waals surface area contributed by atoms with Crippen LogP contribution in [-0.4, -0.2) is 19.7 Å². The fourth-order valence-electron chi connectivity index (χ4n) is 5.34. The number of aromatic amines is 2. The monoisotopic (exact) mass is 538 g/mol. The van der Waals surface area contributed by atoms with Crippen molar-refractivity contribution >= 4 is 52.4 Å². The van der Waals surface area contributed by atoms with E-state index in [1.807, 2.05) is 12.2 Å². The second-order valence-electron chi connectivity index (χ2n) is 10.2. The zero-order valence-corrected chi connectivity index (χ0v) is 24.2. The van der Waals surface area contributed by atoms with Gasteiger partial charge in [0.05, 0.1) is 21.1 Å². The van der Waals surface area contributed by atoms with Crippen molar-refractivity contribution in [2.24, 2.45) is 0 Å². The van der Waals surface area contributed by atoms with Gasteiger partial charge in [-0.25, -0.2) is 0 Å². The summed E-state index contributed by atoms with van der Waals surface area (Å²) in [5, 5.41) is 9.32. The van der Waals surface area contributed by atoms with Crippen molar-refractivity contribution in [3.8, 4) is 0 Å². The molecule has 8 bridgehead atoms. The Bertz CT molecular complexity index is 1660. The van der Waals surface area contributed by atoms with Crippen LogP contribution in [0.4, 0.5) is 0 Å². The van der Waals surface area contributed by atoms with Crippen LogP contribution in [0, 0.1) is 13.8 Å². The van der Waals surface area contributed by atoms with E-state index in [1.165, 1.54) is 22.3 Å². The summed E-state index contributed by atoms with van der Waals surface area (Å²) in [6, 6.07) is 0. The molecule has 6 heteroatoms. The van der Waals surface area contributed by atoms with Crippen LogP contribution >= 0.6 is 24.4 Å². The highest BCUT2D eigenvalue weighted by Crippen LogP contribution is 2.29. The Hall–Kier alpha value is -3.48. The maximum atomic E-state index is 5.85. The van der Waals surface area contributed by atoms with Gasteiger partial charge >= 0.3 is 0 Å². The number of rotatable bonds is 6. The van der Waals surface area contributed by atoms with Crippen LogP contribution < -0.4 is 21.3 Å². The summed E-state index contributed by atoms with van der Waals surface area (Å²) in [5.74, 6) is 0. The molecule has 0 radical (unpaired) electrons. The molecule has 0 spiro atoms. The minimum absolute atomic E-state index is 0.824. The summed E-state index contributed by atoms with van der Waals surface area (Å²) in [7, 11) is 0. The molecule has 2 aromatic rings. The third-order valence-corrected chi connectivity index (χ3v) is 8.82. The molecule has 5 rings (SSSR count). The van der Waals surface area contributed by atoms with Crippen LogP contribution in [0.3, 0.4) is 0 Å². The van der Waals surface area contributed by atoms with Gasteiger partial charge in [0.1, 0.15) is 0 Å². The van der Waals surface area contributed by atoms with E-state index in [4.69, 9.17) is 24.4 Å². The first-order valence-electron chi connectivity index (χ1n) is 13.1. The number of hydrogen-bond acceptors (Lipinski definition) is 4. The molecule has 0 atom stereocenters. The van der Waals surface area contributed by atoms with Crippen molar-refractivity contribution in [3.63, 3.8) is 0 Å². The molecule has 0 aromatic carbocycles. The van der Waals surface area contributed by atoms with E-state index in [2.05, 4.69) is 85.8 Å². The standard InChI is InChI=1S/C32H34N4S2/c1-7-9-11-21-17(3)23-13-25-19(5)31(37)30(35-25)15-26-20(6)32(38)29(36-26)14-24-18(4)22(12-10-8-2)28(34-24)16-27(21)33-23/h7-8,13-16,33-36H,1-2,9-12H2,3-6H3. The lowest BCUT2D eigenvalue weighted by atomic mass is 10.0. The second kappa shape index (κ2) is 10.4. The van der Waals surface area contributed by atoms with E-state index < -0.39 is 0 Å². The van der Waals surface area contributed by atoms with Crippen molar-refractivity contribution in [1.29, 1.82) is 0 Å². The Morgan fingerprint density at radius 1 is 0.658 bits per heavy atom. The van der Waals surface area contributed by atoms with E-state index in [0.717, 1.165) is 91.4 Å². The quantitative estimate of drug-likeness (QED) is 0.288.